The molecule has 1 saturated heterocycles. The molecule has 1 fully saturated rings. The van der Waals surface area contributed by atoms with E-state index in [9.17, 15) is 14.3 Å². The van der Waals surface area contributed by atoms with Crippen molar-refractivity contribution in [1.82, 2.24) is 19.9 Å². The summed E-state index contributed by atoms with van der Waals surface area (Å²) in [5.74, 6) is -0.473. The fourth-order valence-electron chi connectivity index (χ4n) is 3.11. The molecule has 0 aliphatic carbocycles. The summed E-state index contributed by atoms with van der Waals surface area (Å²) in [7, 11) is 0. The van der Waals surface area contributed by atoms with Gasteiger partial charge < -0.3 is 15.3 Å². The molecule has 2 N–H and O–H groups in total. The van der Waals surface area contributed by atoms with E-state index in [1.165, 1.54) is 23.6 Å². The van der Waals surface area contributed by atoms with Gasteiger partial charge in [0, 0.05) is 19.3 Å². The number of β-amino-alcohol motifs (C(OH)–C–C–N with tert-alkyl or cyclic N) is 1. The summed E-state index contributed by atoms with van der Waals surface area (Å²) in [6.45, 7) is 2.67. The number of carbonyl (C=O) groups excluding carboxylic acids is 1. The van der Waals surface area contributed by atoms with Crippen LogP contribution >= 0.6 is 11.3 Å². The molecule has 4 heterocycles. The molecule has 3 aromatic heterocycles. The number of pyridine rings is 1. The molecule has 1 amide bonds. The number of amides is 1. The second kappa shape index (κ2) is 7.16. The summed E-state index contributed by atoms with van der Waals surface area (Å²) in [4.78, 5) is 27.0. The number of anilines is 1. The van der Waals surface area contributed by atoms with Crippen molar-refractivity contribution < 1.29 is 14.3 Å². The monoisotopic (exact) mass is 387 g/mol. The van der Waals surface area contributed by atoms with Gasteiger partial charge in [0.2, 0.25) is 11.9 Å². The molecule has 0 radical (unpaired) electrons. The molecule has 140 valence electrons. The first-order chi connectivity index (χ1) is 13.0. The van der Waals surface area contributed by atoms with Gasteiger partial charge in [-0.15, -0.1) is 11.3 Å². The van der Waals surface area contributed by atoms with Crippen LogP contribution in [0.2, 0.25) is 0 Å². The highest BCUT2D eigenvalue weighted by Crippen LogP contribution is 2.27. The highest BCUT2D eigenvalue weighted by Gasteiger charge is 2.28. The molecule has 2 atom stereocenters. The zero-order valence-electron chi connectivity index (χ0n) is 14.6. The number of aliphatic hydroxyl groups is 1. The van der Waals surface area contributed by atoms with Crippen LogP contribution in [0.5, 0.6) is 0 Å². The lowest BCUT2D eigenvalue weighted by Crippen LogP contribution is -2.30. The van der Waals surface area contributed by atoms with Crippen molar-refractivity contribution >= 4 is 33.4 Å². The standard InChI is InChI=1S/C18H18FN5O2S/c1-10(11-2-5-20-14(19)8-11)21-18-22-13-4-7-27-16(13)15(23-18)17(26)24-6-3-12(25)9-24/h2,4-5,7-8,10,12,25H,3,6,9H2,1H3,(H,21,22,23). The van der Waals surface area contributed by atoms with E-state index >= 15 is 0 Å². The largest absolute Gasteiger partial charge is 0.391 e. The minimum atomic E-state index is -0.557. The zero-order valence-corrected chi connectivity index (χ0v) is 15.4. The maximum Gasteiger partial charge on any atom is 0.274 e. The van der Waals surface area contributed by atoms with Gasteiger partial charge in [-0.05, 0) is 42.5 Å². The Morgan fingerprint density at radius 1 is 1.44 bits per heavy atom. The van der Waals surface area contributed by atoms with Crippen molar-refractivity contribution in [2.75, 3.05) is 18.4 Å². The molecule has 0 aromatic carbocycles. The summed E-state index contributed by atoms with van der Waals surface area (Å²) in [6, 6.07) is 4.62. The van der Waals surface area contributed by atoms with Crippen LogP contribution in [0.15, 0.2) is 29.8 Å². The van der Waals surface area contributed by atoms with Crippen molar-refractivity contribution in [3.8, 4) is 0 Å². The lowest BCUT2D eigenvalue weighted by atomic mass is 10.1. The van der Waals surface area contributed by atoms with E-state index in [-0.39, 0.29) is 11.9 Å². The fraction of sp³-hybridized carbons (Fsp3) is 0.333. The summed E-state index contributed by atoms with van der Waals surface area (Å²) >= 11 is 1.41. The van der Waals surface area contributed by atoms with Crippen LogP contribution in [0.4, 0.5) is 10.3 Å². The van der Waals surface area contributed by atoms with Crippen LogP contribution in [0.1, 0.15) is 35.4 Å². The van der Waals surface area contributed by atoms with Crippen molar-refractivity contribution in [3.05, 3.63) is 47.0 Å². The van der Waals surface area contributed by atoms with Gasteiger partial charge in [0.25, 0.3) is 5.91 Å². The van der Waals surface area contributed by atoms with Gasteiger partial charge in [-0.25, -0.2) is 15.0 Å². The highest BCUT2D eigenvalue weighted by molar-refractivity contribution is 7.17. The first-order valence-corrected chi connectivity index (χ1v) is 9.50. The lowest BCUT2D eigenvalue weighted by molar-refractivity contribution is 0.0761. The second-order valence-electron chi connectivity index (χ2n) is 6.50. The number of rotatable bonds is 4. The number of fused-ring (bicyclic) bond motifs is 1. The second-order valence-corrected chi connectivity index (χ2v) is 7.42. The topological polar surface area (TPSA) is 91.2 Å². The third-order valence-electron chi connectivity index (χ3n) is 4.55. The van der Waals surface area contributed by atoms with Gasteiger partial charge in [0.15, 0.2) is 5.69 Å². The molecular weight excluding hydrogens is 369 g/mol. The number of hydrogen-bond acceptors (Lipinski definition) is 7. The van der Waals surface area contributed by atoms with Crippen molar-refractivity contribution in [2.45, 2.75) is 25.5 Å². The summed E-state index contributed by atoms with van der Waals surface area (Å²) in [5, 5.41) is 14.7. The number of carbonyl (C=O) groups is 1. The Morgan fingerprint density at radius 2 is 2.30 bits per heavy atom. The maximum atomic E-state index is 13.4. The molecule has 1 aliphatic heterocycles. The van der Waals surface area contributed by atoms with Crippen LogP contribution < -0.4 is 5.32 Å². The molecule has 0 spiro atoms. The van der Waals surface area contributed by atoms with Gasteiger partial charge in [-0.2, -0.15) is 4.39 Å². The quantitative estimate of drug-likeness (QED) is 0.669. The smallest absolute Gasteiger partial charge is 0.274 e. The van der Waals surface area contributed by atoms with Gasteiger partial charge in [-0.3, -0.25) is 4.79 Å². The van der Waals surface area contributed by atoms with Crippen LogP contribution in [0.25, 0.3) is 10.2 Å². The molecule has 0 bridgehead atoms. The first kappa shape index (κ1) is 17.7. The van der Waals surface area contributed by atoms with Gasteiger partial charge >= 0.3 is 0 Å². The molecule has 0 saturated carbocycles. The van der Waals surface area contributed by atoms with E-state index < -0.39 is 12.1 Å². The van der Waals surface area contributed by atoms with Gasteiger partial charge in [-0.1, -0.05) is 0 Å². The average molecular weight is 387 g/mol. The minimum Gasteiger partial charge on any atom is -0.391 e. The van der Waals surface area contributed by atoms with Gasteiger partial charge in [0.1, 0.15) is 0 Å². The number of nitrogens with one attached hydrogen (secondary N) is 1. The van der Waals surface area contributed by atoms with Gasteiger partial charge in [0.05, 0.1) is 22.4 Å². The predicted molar refractivity (Wildman–Crippen MR) is 100 cm³/mol. The van der Waals surface area contributed by atoms with E-state index in [1.54, 1.807) is 11.0 Å². The average Bonchev–Trinajstić information content (AvgIpc) is 3.29. The van der Waals surface area contributed by atoms with Crippen molar-refractivity contribution in [2.24, 2.45) is 0 Å². The molecular formula is C18H18FN5O2S. The first-order valence-electron chi connectivity index (χ1n) is 8.62. The normalized spacial score (nSPS) is 18.0. The van der Waals surface area contributed by atoms with E-state index in [0.717, 1.165) is 4.70 Å². The molecule has 9 heteroatoms. The van der Waals surface area contributed by atoms with Crippen LogP contribution in [0.3, 0.4) is 0 Å². The molecule has 1 aliphatic rings. The Morgan fingerprint density at radius 3 is 3.04 bits per heavy atom. The summed E-state index contributed by atoms with van der Waals surface area (Å²) < 4.78 is 14.1. The Kier molecular flexibility index (Phi) is 4.71. The van der Waals surface area contributed by atoms with Crippen LogP contribution in [0, 0.1) is 5.95 Å². The third-order valence-corrected chi connectivity index (χ3v) is 5.46. The van der Waals surface area contributed by atoms with E-state index in [0.29, 0.717) is 42.2 Å². The number of likely N-dealkylation sites (tertiary alicyclic amines) is 1. The molecule has 2 unspecified atom stereocenters. The summed E-state index contributed by atoms with van der Waals surface area (Å²) in [5.41, 5.74) is 1.69. The van der Waals surface area contributed by atoms with E-state index in [1.807, 2.05) is 18.4 Å². The maximum absolute atomic E-state index is 13.4. The fourth-order valence-corrected chi connectivity index (χ4v) is 3.92. The predicted octanol–water partition coefficient (Wildman–Crippen LogP) is 2.61. The summed E-state index contributed by atoms with van der Waals surface area (Å²) in [6.07, 6.45) is 1.48. The Bertz CT molecular complexity index is 995. The molecule has 3 aromatic rings. The molecule has 4 rings (SSSR count). The van der Waals surface area contributed by atoms with E-state index in [2.05, 4.69) is 20.3 Å². The zero-order chi connectivity index (χ0) is 19.0. The lowest BCUT2D eigenvalue weighted by Gasteiger charge is -2.17. The Labute approximate surface area is 158 Å². The highest BCUT2D eigenvalue weighted by atomic mass is 32.1. The van der Waals surface area contributed by atoms with Crippen molar-refractivity contribution in [1.29, 1.82) is 0 Å². The van der Waals surface area contributed by atoms with Crippen LogP contribution in [-0.4, -0.2) is 50.1 Å². The van der Waals surface area contributed by atoms with Crippen LogP contribution in [-0.2, 0) is 0 Å². The number of aliphatic hydroxyl groups excluding tert-OH is 1. The minimum absolute atomic E-state index is 0.216. The number of aromatic nitrogens is 3. The number of halogens is 1. The molecule has 7 nitrogen and oxygen atoms in total. The van der Waals surface area contributed by atoms with E-state index in [4.69, 9.17) is 0 Å². The van der Waals surface area contributed by atoms with Crippen molar-refractivity contribution in [3.63, 3.8) is 0 Å². The Balaban J connectivity index is 1.65. The number of thiophene rings is 1. The molecule has 27 heavy (non-hydrogen) atoms. The Hall–Kier alpha value is -2.65. The third kappa shape index (κ3) is 3.60. The number of hydrogen-bond donors (Lipinski definition) is 2. The SMILES string of the molecule is CC(Nc1nc(C(=O)N2CCC(O)C2)c2sccc2n1)c1ccnc(F)c1. The number of nitrogens with zero attached hydrogens (tertiary/aromatic N) is 4.